The number of hydrogen-bond acceptors (Lipinski definition) is 3. The van der Waals surface area contributed by atoms with Crippen molar-refractivity contribution in [2.24, 2.45) is 5.92 Å². The molecule has 0 saturated carbocycles. The molecule has 0 aliphatic carbocycles. The van der Waals surface area contributed by atoms with Crippen LogP contribution in [0.1, 0.15) is 34.3 Å². The van der Waals surface area contributed by atoms with Crippen molar-refractivity contribution in [3.8, 4) is 0 Å². The molecule has 2 aromatic carbocycles. The van der Waals surface area contributed by atoms with E-state index in [1.54, 1.807) is 0 Å². The third-order valence-corrected chi connectivity index (χ3v) is 5.30. The number of likely N-dealkylation sites (tertiary alicyclic amines) is 1. The van der Waals surface area contributed by atoms with Crippen molar-refractivity contribution in [3.63, 3.8) is 0 Å². The second kappa shape index (κ2) is 9.80. The minimum Gasteiger partial charge on any atom is -0.352 e. The van der Waals surface area contributed by atoms with E-state index in [0.29, 0.717) is 38.5 Å². The molecular formula is C23H27F2N3O2. The summed E-state index contributed by atoms with van der Waals surface area (Å²) in [6.45, 7) is 2.06. The quantitative estimate of drug-likeness (QED) is 0.788. The Bertz CT molecular complexity index is 892. The van der Waals surface area contributed by atoms with Crippen molar-refractivity contribution in [1.82, 2.24) is 15.1 Å². The van der Waals surface area contributed by atoms with Crippen molar-refractivity contribution in [2.75, 3.05) is 27.2 Å². The maximum Gasteiger partial charge on any atom is 0.256 e. The molecule has 1 N–H and O–H groups in total. The highest BCUT2D eigenvalue weighted by molar-refractivity contribution is 5.94. The number of nitrogens with one attached hydrogen (secondary N) is 1. The number of nitrogens with zero attached hydrogens (tertiary/aromatic N) is 2. The maximum absolute atomic E-state index is 13.9. The number of halogens is 2. The summed E-state index contributed by atoms with van der Waals surface area (Å²) in [6, 6.07) is 11.1. The van der Waals surface area contributed by atoms with E-state index in [-0.39, 0.29) is 17.4 Å². The third-order valence-electron chi connectivity index (χ3n) is 5.30. The van der Waals surface area contributed by atoms with Gasteiger partial charge in [0.25, 0.3) is 5.91 Å². The lowest BCUT2D eigenvalue weighted by Gasteiger charge is -2.31. The van der Waals surface area contributed by atoms with Crippen LogP contribution in [-0.2, 0) is 17.9 Å². The highest BCUT2D eigenvalue weighted by Gasteiger charge is 2.28. The molecule has 1 aliphatic heterocycles. The molecule has 0 atom stereocenters. The van der Waals surface area contributed by atoms with E-state index in [1.807, 2.05) is 26.2 Å². The average Bonchev–Trinajstić information content (AvgIpc) is 2.72. The first-order valence-corrected chi connectivity index (χ1v) is 10.1. The van der Waals surface area contributed by atoms with Crippen molar-refractivity contribution < 1.29 is 18.4 Å². The Hall–Kier alpha value is -2.80. The van der Waals surface area contributed by atoms with Gasteiger partial charge in [-0.25, -0.2) is 8.78 Å². The fourth-order valence-electron chi connectivity index (χ4n) is 3.64. The van der Waals surface area contributed by atoms with Crippen LogP contribution in [-0.4, -0.2) is 48.8 Å². The van der Waals surface area contributed by atoms with Gasteiger partial charge in [-0.3, -0.25) is 9.59 Å². The Morgan fingerprint density at radius 2 is 1.67 bits per heavy atom. The van der Waals surface area contributed by atoms with Gasteiger partial charge in [0.05, 0.1) is 5.56 Å². The van der Waals surface area contributed by atoms with E-state index < -0.39 is 17.5 Å². The van der Waals surface area contributed by atoms with Crippen LogP contribution < -0.4 is 5.32 Å². The van der Waals surface area contributed by atoms with E-state index in [1.165, 1.54) is 10.5 Å². The van der Waals surface area contributed by atoms with Gasteiger partial charge >= 0.3 is 0 Å². The molecule has 0 unspecified atom stereocenters. The molecule has 30 heavy (non-hydrogen) atoms. The van der Waals surface area contributed by atoms with Crippen LogP contribution in [0.4, 0.5) is 8.78 Å². The Morgan fingerprint density at radius 1 is 1.03 bits per heavy atom. The number of piperidine rings is 1. The molecule has 1 fully saturated rings. The second-order valence-electron chi connectivity index (χ2n) is 7.96. The van der Waals surface area contributed by atoms with Gasteiger partial charge in [-0.15, -0.1) is 0 Å². The zero-order chi connectivity index (χ0) is 21.7. The van der Waals surface area contributed by atoms with E-state index in [0.717, 1.165) is 24.2 Å². The van der Waals surface area contributed by atoms with Gasteiger partial charge in [0, 0.05) is 38.2 Å². The molecule has 0 spiro atoms. The van der Waals surface area contributed by atoms with Gasteiger partial charge in [0.15, 0.2) is 0 Å². The molecule has 2 aromatic rings. The number of amides is 2. The molecule has 3 rings (SSSR count). The summed E-state index contributed by atoms with van der Waals surface area (Å²) in [6.07, 6.45) is 1.03. The van der Waals surface area contributed by atoms with Crippen LogP contribution in [0.3, 0.4) is 0 Å². The fourth-order valence-corrected chi connectivity index (χ4v) is 3.64. The molecule has 1 saturated heterocycles. The first-order chi connectivity index (χ1) is 14.3. The van der Waals surface area contributed by atoms with Crippen LogP contribution in [0.5, 0.6) is 0 Å². The van der Waals surface area contributed by atoms with Crippen LogP contribution in [0.15, 0.2) is 42.5 Å². The molecule has 7 heteroatoms. The number of rotatable bonds is 6. The lowest BCUT2D eigenvalue weighted by Crippen LogP contribution is -2.43. The molecule has 0 bridgehead atoms. The van der Waals surface area contributed by atoms with Gasteiger partial charge < -0.3 is 15.1 Å². The average molecular weight is 415 g/mol. The summed E-state index contributed by atoms with van der Waals surface area (Å²) in [7, 11) is 4.03. The minimum absolute atomic E-state index is 0.0348. The van der Waals surface area contributed by atoms with Crippen LogP contribution in [0.25, 0.3) is 0 Å². The number of benzene rings is 2. The Kier molecular flexibility index (Phi) is 7.15. The summed E-state index contributed by atoms with van der Waals surface area (Å²) in [5.41, 5.74) is 2.10. The smallest absolute Gasteiger partial charge is 0.256 e. The van der Waals surface area contributed by atoms with Crippen LogP contribution in [0.2, 0.25) is 0 Å². The number of hydrogen-bond donors (Lipinski definition) is 1. The molecule has 160 valence electrons. The number of carbonyl (C=O) groups excluding carboxylic acids is 2. The monoisotopic (exact) mass is 415 g/mol. The topological polar surface area (TPSA) is 52.7 Å². The third kappa shape index (κ3) is 5.63. The summed E-state index contributed by atoms with van der Waals surface area (Å²) in [5, 5.41) is 2.97. The predicted octanol–water partition coefficient (Wildman–Crippen LogP) is 3.20. The first kappa shape index (κ1) is 21.9. The lowest BCUT2D eigenvalue weighted by atomic mass is 9.95. The zero-order valence-electron chi connectivity index (χ0n) is 17.3. The summed E-state index contributed by atoms with van der Waals surface area (Å²) >= 11 is 0. The van der Waals surface area contributed by atoms with Gasteiger partial charge in [-0.05, 0) is 50.2 Å². The fraction of sp³-hybridized carbons (Fsp3) is 0.391. The van der Waals surface area contributed by atoms with Gasteiger partial charge in [-0.1, -0.05) is 24.3 Å². The highest BCUT2D eigenvalue weighted by Crippen LogP contribution is 2.21. The highest BCUT2D eigenvalue weighted by atomic mass is 19.1. The summed E-state index contributed by atoms with van der Waals surface area (Å²) in [4.78, 5) is 28.6. The molecule has 1 heterocycles. The number of carbonyl (C=O) groups is 2. The normalized spacial score (nSPS) is 14.8. The van der Waals surface area contributed by atoms with Crippen molar-refractivity contribution in [3.05, 3.63) is 70.8 Å². The largest absolute Gasteiger partial charge is 0.352 e. The van der Waals surface area contributed by atoms with Crippen LogP contribution >= 0.6 is 0 Å². The van der Waals surface area contributed by atoms with Crippen molar-refractivity contribution in [1.29, 1.82) is 0 Å². The first-order valence-electron chi connectivity index (χ1n) is 10.1. The Morgan fingerprint density at radius 3 is 2.27 bits per heavy atom. The maximum atomic E-state index is 13.9. The summed E-state index contributed by atoms with van der Waals surface area (Å²) < 4.78 is 26.9. The minimum atomic E-state index is -0.864. The predicted molar refractivity (Wildman–Crippen MR) is 111 cm³/mol. The standard InChI is InChI=1S/C23H27F2N3O2/c1-27(2)15-17-5-3-16(4-6-17)14-26-22(29)18-9-11-28(12-10-18)23(30)20-8-7-19(24)13-21(20)25/h3-8,13,18H,9-12,14-15H2,1-2H3,(H,26,29). The van der Waals surface area contributed by atoms with Crippen molar-refractivity contribution >= 4 is 11.8 Å². The molecule has 1 aliphatic rings. The van der Waals surface area contributed by atoms with Gasteiger partial charge in [-0.2, -0.15) is 0 Å². The molecule has 0 radical (unpaired) electrons. The molecule has 0 aromatic heterocycles. The van der Waals surface area contributed by atoms with Gasteiger partial charge in [0.2, 0.25) is 5.91 Å². The SMILES string of the molecule is CN(C)Cc1ccc(CNC(=O)C2CCN(C(=O)c3ccc(F)cc3F)CC2)cc1. The second-order valence-corrected chi connectivity index (χ2v) is 7.96. The van der Waals surface area contributed by atoms with Crippen LogP contribution in [0, 0.1) is 17.6 Å². The Labute approximate surface area is 175 Å². The molecule has 2 amide bonds. The molecular weight excluding hydrogens is 388 g/mol. The van der Waals surface area contributed by atoms with E-state index in [4.69, 9.17) is 0 Å². The summed E-state index contributed by atoms with van der Waals surface area (Å²) in [5.74, 6) is -2.26. The van der Waals surface area contributed by atoms with E-state index >= 15 is 0 Å². The zero-order valence-corrected chi connectivity index (χ0v) is 17.3. The van der Waals surface area contributed by atoms with E-state index in [2.05, 4.69) is 22.3 Å². The van der Waals surface area contributed by atoms with Crippen molar-refractivity contribution in [2.45, 2.75) is 25.9 Å². The van der Waals surface area contributed by atoms with Gasteiger partial charge in [0.1, 0.15) is 11.6 Å². The lowest BCUT2D eigenvalue weighted by molar-refractivity contribution is -0.126. The molecule has 5 nitrogen and oxygen atoms in total. The van der Waals surface area contributed by atoms with E-state index in [9.17, 15) is 18.4 Å². The Balaban J connectivity index is 1.47.